The van der Waals surface area contributed by atoms with E-state index in [1.165, 1.54) is 77.0 Å². The minimum Gasteiger partial charge on any atom is -0.506 e. The molecule has 0 fully saturated rings. The first-order valence-corrected chi connectivity index (χ1v) is 10.6. The molecule has 0 amide bonds. The summed E-state index contributed by atoms with van der Waals surface area (Å²) in [4.78, 5) is 0. The van der Waals surface area contributed by atoms with Crippen molar-refractivity contribution >= 4 is 23.2 Å². The normalized spacial score (nSPS) is 11.1. The largest absolute Gasteiger partial charge is 0.506 e. The minimum atomic E-state index is 0.130. The first kappa shape index (κ1) is 21.6. The molecule has 1 nitrogen and oxygen atoms in total. The van der Waals surface area contributed by atoms with E-state index in [9.17, 15) is 5.11 Å². The summed E-state index contributed by atoms with van der Waals surface area (Å²) in [7, 11) is 0. The molecule has 1 rings (SSSR count). The zero-order chi connectivity index (χ0) is 17.6. The van der Waals surface area contributed by atoms with E-state index in [4.69, 9.17) is 23.2 Å². The van der Waals surface area contributed by atoms with Gasteiger partial charge in [-0.05, 0) is 30.5 Å². The smallest absolute Gasteiger partial charge is 0.134 e. The quantitative estimate of drug-likeness (QED) is 0.325. The van der Waals surface area contributed by atoms with Gasteiger partial charge in [0, 0.05) is 5.02 Å². The Kier molecular flexibility index (Phi) is 12.5. The third-order valence-corrected chi connectivity index (χ3v) is 5.47. The van der Waals surface area contributed by atoms with E-state index < -0.39 is 0 Å². The van der Waals surface area contributed by atoms with Crippen molar-refractivity contribution in [2.75, 3.05) is 0 Å². The summed E-state index contributed by atoms with van der Waals surface area (Å²) in [5.41, 5.74) is 0.890. The van der Waals surface area contributed by atoms with Gasteiger partial charge in [-0.3, -0.25) is 0 Å². The molecule has 0 aliphatic heterocycles. The van der Waals surface area contributed by atoms with Gasteiger partial charge in [-0.2, -0.15) is 0 Å². The number of phenols is 1. The molecule has 0 heterocycles. The molecule has 1 aromatic carbocycles. The Hall–Kier alpha value is -0.400. The fourth-order valence-electron chi connectivity index (χ4n) is 3.13. The van der Waals surface area contributed by atoms with Gasteiger partial charge in [-0.15, -0.1) is 0 Å². The number of aromatic hydroxyl groups is 1. The molecule has 0 spiro atoms. The Morgan fingerprint density at radius 2 is 1.17 bits per heavy atom. The molecule has 138 valence electrons. The topological polar surface area (TPSA) is 20.2 Å². The number of phenolic OH excluding ortho intramolecular Hbond substituents is 1. The summed E-state index contributed by atoms with van der Waals surface area (Å²) in [6.45, 7) is 2.27. The van der Waals surface area contributed by atoms with Crippen LogP contribution in [0.5, 0.6) is 5.75 Å². The van der Waals surface area contributed by atoms with Crippen molar-refractivity contribution in [3.8, 4) is 5.75 Å². The lowest BCUT2D eigenvalue weighted by atomic mass is 10.0. The fraction of sp³-hybridized carbons (Fsp3) is 0.714. The zero-order valence-corrected chi connectivity index (χ0v) is 16.8. The third kappa shape index (κ3) is 9.18. The molecule has 0 atom stereocenters. The first-order chi connectivity index (χ1) is 11.7. The number of rotatable bonds is 14. The Bertz CT molecular complexity index is 446. The van der Waals surface area contributed by atoms with E-state index in [2.05, 4.69) is 6.92 Å². The van der Waals surface area contributed by atoms with Crippen molar-refractivity contribution in [2.45, 2.75) is 96.8 Å². The second-order valence-corrected chi connectivity index (χ2v) is 7.64. The highest BCUT2D eigenvalue weighted by Crippen LogP contribution is 2.33. The van der Waals surface area contributed by atoms with Gasteiger partial charge in [-0.25, -0.2) is 0 Å². The van der Waals surface area contributed by atoms with Crippen LogP contribution in [0.3, 0.4) is 0 Å². The van der Waals surface area contributed by atoms with Crippen LogP contribution in [0.25, 0.3) is 0 Å². The average molecular weight is 373 g/mol. The molecule has 24 heavy (non-hydrogen) atoms. The third-order valence-electron chi connectivity index (χ3n) is 4.70. The van der Waals surface area contributed by atoms with E-state index in [0.717, 1.165) is 18.4 Å². The van der Waals surface area contributed by atoms with Crippen LogP contribution < -0.4 is 0 Å². The monoisotopic (exact) mass is 372 g/mol. The van der Waals surface area contributed by atoms with E-state index in [0.29, 0.717) is 10.0 Å². The summed E-state index contributed by atoms with van der Waals surface area (Å²) in [5, 5.41) is 10.7. The Morgan fingerprint density at radius 1 is 0.708 bits per heavy atom. The van der Waals surface area contributed by atoms with Crippen LogP contribution in [0.15, 0.2) is 12.1 Å². The molecule has 0 aliphatic carbocycles. The Morgan fingerprint density at radius 3 is 1.67 bits per heavy atom. The summed E-state index contributed by atoms with van der Waals surface area (Å²) in [6, 6.07) is 3.28. The van der Waals surface area contributed by atoms with Crippen LogP contribution in [-0.2, 0) is 6.42 Å². The van der Waals surface area contributed by atoms with Crippen molar-refractivity contribution in [1.82, 2.24) is 0 Å². The summed E-state index contributed by atoms with van der Waals surface area (Å²) >= 11 is 12.3. The Labute approximate surface area is 158 Å². The molecule has 1 N–H and O–H groups in total. The zero-order valence-electron chi connectivity index (χ0n) is 15.3. The lowest BCUT2D eigenvalue weighted by molar-refractivity contribution is 0.474. The summed E-state index contributed by atoms with van der Waals surface area (Å²) in [5.74, 6) is 0.130. The van der Waals surface area contributed by atoms with Crippen LogP contribution >= 0.6 is 23.2 Å². The fourth-order valence-corrected chi connectivity index (χ4v) is 3.69. The number of hydrogen-bond acceptors (Lipinski definition) is 1. The van der Waals surface area contributed by atoms with Gasteiger partial charge in [0.2, 0.25) is 0 Å². The summed E-state index contributed by atoms with van der Waals surface area (Å²) in [6.07, 6.45) is 18.3. The predicted octanol–water partition coefficient (Wildman–Crippen LogP) is 8.33. The number of hydrogen-bond donors (Lipinski definition) is 1. The maximum atomic E-state index is 9.64. The Balaban J connectivity index is 1.95. The van der Waals surface area contributed by atoms with Crippen LogP contribution in [0.4, 0.5) is 0 Å². The second-order valence-electron chi connectivity index (χ2n) is 6.85. The average Bonchev–Trinajstić information content (AvgIpc) is 2.58. The van der Waals surface area contributed by atoms with Crippen molar-refractivity contribution in [3.05, 3.63) is 27.7 Å². The molecule has 0 unspecified atom stereocenters. The van der Waals surface area contributed by atoms with Gasteiger partial charge in [0.25, 0.3) is 0 Å². The maximum absolute atomic E-state index is 9.64. The highest BCUT2D eigenvalue weighted by molar-refractivity contribution is 6.36. The standard InChI is InChI=1S/C21H34Cl2O/c1-2-3-4-5-6-7-8-9-10-11-12-13-14-15-18-19(22)16-17-20(24)21(18)23/h16-17,24H,2-15H2,1H3. The van der Waals surface area contributed by atoms with E-state index in [1.807, 2.05) is 0 Å². The van der Waals surface area contributed by atoms with E-state index in [-0.39, 0.29) is 5.75 Å². The molecule has 1 aromatic rings. The van der Waals surface area contributed by atoms with Gasteiger partial charge in [0.15, 0.2) is 0 Å². The molecule has 0 aliphatic rings. The predicted molar refractivity (Wildman–Crippen MR) is 108 cm³/mol. The van der Waals surface area contributed by atoms with E-state index >= 15 is 0 Å². The molecular formula is C21H34Cl2O. The molecule has 0 saturated carbocycles. The van der Waals surface area contributed by atoms with Crippen LogP contribution in [0, 0.1) is 0 Å². The molecule has 0 saturated heterocycles. The van der Waals surface area contributed by atoms with Gasteiger partial charge < -0.3 is 5.11 Å². The lowest BCUT2D eigenvalue weighted by Gasteiger charge is -2.08. The lowest BCUT2D eigenvalue weighted by Crippen LogP contribution is -1.90. The van der Waals surface area contributed by atoms with Crippen molar-refractivity contribution < 1.29 is 5.11 Å². The van der Waals surface area contributed by atoms with Crippen molar-refractivity contribution in [1.29, 1.82) is 0 Å². The molecule has 0 radical (unpaired) electrons. The van der Waals surface area contributed by atoms with Crippen LogP contribution in [0.1, 0.15) is 96.0 Å². The van der Waals surface area contributed by atoms with Gasteiger partial charge in [-0.1, -0.05) is 107 Å². The molecule has 0 bridgehead atoms. The van der Waals surface area contributed by atoms with Crippen LogP contribution in [0.2, 0.25) is 10.0 Å². The molecular weight excluding hydrogens is 339 g/mol. The van der Waals surface area contributed by atoms with Crippen LogP contribution in [-0.4, -0.2) is 5.11 Å². The van der Waals surface area contributed by atoms with Crippen molar-refractivity contribution in [2.24, 2.45) is 0 Å². The maximum Gasteiger partial charge on any atom is 0.134 e. The van der Waals surface area contributed by atoms with Gasteiger partial charge in [0.1, 0.15) is 5.75 Å². The minimum absolute atomic E-state index is 0.130. The molecule has 0 aromatic heterocycles. The summed E-state index contributed by atoms with van der Waals surface area (Å²) < 4.78 is 0. The molecule has 3 heteroatoms. The SMILES string of the molecule is CCCCCCCCCCCCCCCc1c(Cl)ccc(O)c1Cl. The second kappa shape index (κ2) is 13.8. The van der Waals surface area contributed by atoms with Gasteiger partial charge in [0.05, 0.1) is 5.02 Å². The highest BCUT2D eigenvalue weighted by Gasteiger charge is 2.09. The van der Waals surface area contributed by atoms with E-state index in [1.54, 1.807) is 12.1 Å². The number of benzene rings is 1. The van der Waals surface area contributed by atoms with Crippen molar-refractivity contribution in [3.63, 3.8) is 0 Å². The first-order valence-electron chi connectivity index (χ1n) is 9.82. The number of halogens is 2. The van der Waals surface area contributed by atoms with Gasteiger partial charge >= 0.3 is 0 Å². The number of unbranched alkanes of at least 4 members (excludes halogenated alkanes) is 12. The highest BCUT2D eigenvalue weighted by atomic mass is 35.5.